The lowest BCUT2D eigenvalue weighted by Gasteiger charge is -2.23. The molecule has 0 fully saturated rings. The first kappa shape index (κ1) is 26.6. The number of quaternary nitrogens is 1. The summed E-state index contributed by atoms with van der Waals surface area (Å²) in [6, 6.07) is 14.3. The minimum Gasteiger partial charge on any atom is -0.550 e. The van der Waals surface area contributed by atoms with Crippen LogP contribution >= 0.6 is 11.6 Å². The Hall–Kier alpha value is -2.48. The molecule has 1 N–H and O–H groups in total. The van der Waals surface area contributed by atoms with Crippen molar-refractivity contribution < 1.29 is 9.90 Å². The third-order valence-electron chi connectivity index (χ3n) is 4.27. The van der Waals surface area contributed by atoms with E-state index in [4.69, 9.17) is 21.5 Å². The Kier molecular flexibility index (Phi) is 10.6. The number of halogens is 1. The van der Waals surface area contributed by atoms with Gasteiger partial charge in [0.25, 0.3) is 0 Å². The number of anilines is 1. The number of hydrogen-bond acceptors (Lipinski definition) is 6. The number of carboxylic acids is 1. The number of nitrogens with zero attached hydrogens (tertiary/aromatic N) is 4. The number of nitrogens with one attached hydrogen (secondary N) is 1. The number of aliphatic carboxylic acids is 1. The Labute approximate surface area is 190 Å². The standard InChI is InChI=1S/C21H31ClN5.C2H4O2/c1-16(13-14-26(2)3)23-17-7-9-18(10-8-17)24-25-21-12-11-19(15-20(21)22)27(4,5)6;1-2(3)4/h7-12,15-16,23H,13-14H2,1-6H3;1H3,(H,3,4)/q+1;/p-1. The number of carboxylic acid groups (broad SMARTS) is 1. The van der Waals surface area contributed by atoms with E-state index in [0.29, 0.717) is 21.2 Å². The Bertz CT molecular complexity index is 857. The highest BCUT2D eigenvalue weighted by Crippen LogP contribution is 2.32. The molecule has 0 aromatic heterocycles. The van der Waals surface area contributed by atoms with Crippen molar-refractivity contribution in [1.82, 2.24) is 9.38 Å². The van der Waals surface area contributed by atoms with Crippen LogP contribution in [0.3, 0.4) is 0 Å². The van der Waals surface area contributed by atoms with Gasteiger partial charge in [0, 0.05) is 29.8 Å². The van der Waals surface area contributed by atoms with Crippen LogP contribution in [0.4, 0.5) is 22.7 Å². The molecule has 0 radical (unpaired) electrons. The Morgan fingerprint density at radius 1 is 1.13 bits per heavy atom. The largest absolute Gasteiger partial charge is 0.550 e. The van der Waals surface area contributed by atoms with Gasteiger partial charge in [-0.15, -0.1) is 5.11 Å². The van der Waals surface area contributed by atoms with E-state index in [2.05, 4.69) is 62.6 Å². The lowest BCUT2D eigenvalue weighted by atomic mass is 10.2. The Balaban J connectivity index is 0.00000110. The smallest absolute Gasteiger partial charge is 0.133 e. The molecule has 0 spiro atoms. The van der Waals surface area contributed by atoms with Crippen LogP contribution in [0.25, 0.3) is 0 Å². The third-order valence-corrected chi connectivity index (χ3v) is 4.57. The average Bonchev–Trinajstić information content (AvgIpc) is 2.65. The van der Waals surface area contributed by atoms with Crippen molar-refractivity contribution in [3.8, 4) is 0 Å². The molecule has 2 aromatic carbocycles. The van der Waals surface area contributed by atoms with Gasteiger partial charge in [-0.3, -0.25) is 4.48 Å². The van der Waals surface area contributed by atoms with Gasteiger partial charge in [0.15, 0.2) is 0 Å². The molecule has 170 valence electrons. The summed E-state index contributed by atoms with van der Waals surface area (Å²) in [6.45, 7) is 4.23. The van der Waals surface area contributed by atoms with Crippen molar-refractivity contribution >= 4 is 40.3 Å². The predicted molar refractivity (Wildman–Crippen MR) is 129 cm³/mol. The fourth-order valence-electron chi connectivity index (χ4n) is 2.54. The molecule has 0 saturated heterocycles. The van der Waals surface area contributed by atoms with E-state index < -0.39 is 5.97 Å². The normalized spacial score (nSPS) is 12.4. The Morgan fingerprint density at radius 2 is 1.71 bits per heavy atom. The highest BCUT2D eigenvalue weighted by molar-refractivity contribution is 6.33. The van der Waals surface area contributed by atoms with E-state index in [1.807, 2.05) is 42.5 Å². The topological polar surface area (TPSA) is 80.1 Å². The molecule has 0 aliphatic carbocycles. The second-order valence-corrected chi connectivity index (χ2v) is 8.93. The number of carbonyl (C=O) groups is 1. The monoisotopic (exact) mass is 447 g/mol. The third kappa shape index (κ3) is 10.9. The number of azo groups is 1. The predicted octanol–water partition coefficient (Wildman–Crippen LogP) is 4.46. The molecule has 0 heterocycles. The van der Waals surface area contributed by atoms with E-state index >= 15 is 0 Å². The van der Waals surface area contributed by atoms with Crippen LogP contribution in [-0.2, 0) is 4.79 Å². The maximum absolute atomic E-state index is 8.89. The van der Waals surface area contributed by atoms with E-state index in [1.54, 1.807) is 0 Å². The van der Waals surface area contributed by atoms with Crippen LogP contribution in [0.1, 0.15) is 20.3 Å². The van der Waals surface area contributed by atoms with E-state index in [0.717, 1.165) is 37.0 Å². The summed E-state index contributed by atoms with van der Waals surface area (Å²) in [4.78, 5) is 11.1. The van der Waals surface area contributed by atoms with E-state index in [9.17, 15) is 0 Å². The lowest BCUT2D eigenvalue weighted by molar-refractivity contribution is -0.302. The second kappa shape index (κ2) is 12.4. The highest BCUT2D eigenvalue weighted by Gasteiger charge is 2.13. The summed E-state index contributed by atoms with van der Waals surface area (Å²) in [7, 11) is 10.5. The number of benzene rings is 2. The zero-order valence-corrected chi connectivity index (χ0v) is 20.3. The summed E-state index contributed by atoms with van der Waals surface area (Å²) in [5, 5.41) is 21.6. The SMILES string of the molecule is CC(=O)[O-].CC(CCN(C)C)Nc1ccc(N=Nc2ccc([N+](C)(C)C)cc2Cl)cc1. The van der Waals surface area contributed by atoms with E-state index in [-0.39, 0.29) is 0 Å². The fraction of sp³-hybridized carbons (Fsp3) is 0.435. The summed E-state index contributed by atoms with van der Waals surface area (Å²) in [5.41, 5.74) is 3.69. The van der Waals surface area contributed by atoms with Gasteiger partial charge in [0.05, 0.1) is 31.9 Å². The van der Waals surface area contributed by atoms with Crippen molar-refractivity contribution in [2.75, 3.05) is 47.1 Å². The summed E-state index contributed by atoms with van der Waals surface area (Å²) >= 11 is 6.36. The highest BCUT2D eigenvalue weighted by atomic mass is 35.5. The van der Waals surface area contributed by atoms with Gasteiger partial charge in [-0.25, -0.2) is 0 Å². The summed E-state index contributed by atoms with van der Waals surface area (Å²) in [6.07, 6.45) is 1.09. The van der Waals surface area contributed by atoms with Crippen molar-refractivity contribution in [2.24, 2.45) is 10.2 Å². The molecule has 0 aliphatic rings. The minimum absolute atomic E-state index is 0.415. The first-order valence-corrected chi connectivity index (χ1v) is 10.5. The maximum atomic E-state index is 8.89. The Morgan fingerprint density at radius 3 is 2.19 bits per heavy atom. The lowest BCUT2D eigenvalue weighted by Crippen LogP contribution is -2.34. The first-order valence-electron chi connectivity index (χ1n) is 10.1. The number of rotatable bonds is 8. The zero-order chi connectivity index (χ0) is 23.6. The van der Waals surface area contributed by atoms with E-state index in [1.165, 1.54) is 0 Å². The maximum Gasteiger partial charge on any atom is 0.133 e. The van der Waals surface area contributed by atoms with Crippen LogP contribution in [-0.4, -0.2) is 58.7 Å². The molecule has 8 heteroatoms. The molecule has 0 bridgehead atoms. The molecule has 2 aromatic rings. The number of carbonyl (C=O) groups excluding carboxylic acids is 1. The van der Waals surface area contributed by atoms with Crippen LogP contribution in [0.15, 0.2) is 52.7 Å². The van der Waals surface area contributed by atoms with Crippen LogP contribution in [0, 0.1) is 0 Å². The number of hydrogen-bond donors (Lipinski definition) is 1. The molecular weight excluding hydrogens is 414 g/mol. The quantitative estimate of drug-likeness (QED) is 0.478. The van der Waals surface area contributed by atoms with Crippen molar-refractivity contribution in [3.63, 3.8) is 0 Å². The van der Waals surface area contributed by atoms with Gasteiger partial charge < -0.3 is 20.1 Å². The van der Waals surface area contributed by atoms with Crippen LogP contribution < -0.4 is 14.9 Å². The van der Waals surface area contributed by atoms with Gasteiger partial charge in [-0.05, 0) is 71.2 Å². The van der Waals surface area contributed by atoms with Crippen molar-refractivity contribution in [1.29, 1.82) is 0 Å². The molecule has 1 atom stereocenters. The molecule has 2 rings (SSSR count). The van der Waals surface area contributed by atoms with Crippen molar-refractivity contribution in [2.45, 2.75) is 26.3 Å². The van der Waals surface area contributed by atoms with Gasteiger partial charge in [0.2, 0.25) is 0 Å². The van der Waals surface area contributed by atoms with Gasteiger partial charge in [-0.2, -0.15) is 5.11 Å². The average molecular weight is 448 g/mol. The van der Waals surface area contributed by atoms with Gasteiger partial charge in [0.1, 0.15) is 11.4 Å². The van der Waals surface area contributed by atoms with Gasteiger partial charge >= 0.3 is 0 Å². The minimum atomic E-state index is -1.08. The van der Waals surface area contributed by atoms with Crippen LogP contribution in [0.5, 0.6) is 0 Å². The molecule has 7 nitrogen and oxygen atoms in total. The molecular formula is C23H34ClN5O2. The molecule has 0 saturated carbocycles. The molecule has 31 heavy (non-hydrogen) atoms. The second-order valence-electron chi connectivity index (χ2n) is 8.52. The zero-order valence-electron chi connectivity index (χ0n) is 19.5. The summed E-state index contributed by atoms with van der Waals surface area (Å²) in [5.74, 6) is -1.08. The first-order chi connectivity index (χ1) is 14.4. The fourth-order valence-corrected chi connectivity index (χ4v) is 2.75. The molecule has 1 unspecified atom stereocenters. The van der Waals surface area contributed by atoms with Crippen molar-refractivity contribution in [3.05, 3.63) is 47.5 Å². The molecule has 0 amide bonds. The van der Waals surface area contributed by atoms with Crippen LogP contribution in [0.2, 0.25) is 5.02 Å². The van der Waals surface area contributed by atoms with Gasteiger partial charge in [-0.1, -0.05) is 11.6 Å². The summed E-state index contributed by atoms with van der Waals surface area (Å²) < 4.78 is 0.707. The molecule has 0 aliphatic heterocycles.